The Morgan fingerprint density at radius 2 is 1.78 bits per heavy atom. The molecule has 1 aromatic heterocycles. The molecule has 2 aliphatic heterocycles. The zero-order valence-electron chi connectivity index (χ0n) is 21.0. The molecule has 2 saturated heterocycles. The molecule has 37 heavy (non-hydrogen) atoms. The second kappa shape index (κ2) is 9.39. The quantitative estimate of drug-likeness (QED) is 0.346. The first-order chi connectivity index (χ1) is 17.8. The highest BCUT2D eigenvalue weighted by Gasteiger charge is 2.34. The number of nitrogens with one attached hydrogen (secondary N) is 1. The fraction of sp³-hybridized carbons (Fsp3) is 0.379. The van der Waals surface area contributed by atoms with E-state index in [9.17, 15) is 5.11 Å². The molecule has 2 fully saturated rings. The van der Waals surface area contributed by atoms with Crippen LogP contribution in [0.5, 0.6) is 6.01 Å². The van der Waals surface area contributed by atoms with Crippen LogP contribution >= 0.6 is 11.6 Å². The summed E-state index contributed by atoms with van der Waals surface area (Å²) in [4.78, 5) is 11.5. The van der Waals surface area contributed by atoms with Crippen LogP contribution in [0.15, 0.2) is 48.5 Å². The molecule has 0 saturated carbocycles. The number of ether oxygens (including phenoxy) is 1. The summed E-state index contributed by atoms with van der Waals surface area (Å²) < 4.78 is 22.3. The predicted octanol–water partition coefficient (Wildman–Crippen LogP) is 5.58. The minimum atomic E-state index is -0.479. The van der Waals surface area contributed by atoms with Gasteiger partial charge < -0.3 is 20.1 Å². The lowest BCUT2D eigenvalue weighted by Crippen LogP contribution is -2.51. The van der Waals surface area contributed by atoms with Crippen LogP contribution in [0, 0.1) is 11.2 Å². The average Bonchev–Trinajstić information content (AvgIpc) is 3.24. The normalized spacial score (nSPS) is 19.6. The lowest BCUT2D eigenvalue weighted by Gasteiger charge is -2.34. The Morgan fingerprint density at radius 3 is 2.51 bits per heavy atom. The fourth-order valence-corrected chi connectivity index (χ4v) is 5.72. The van der Waals surface area contributed by atoms with E-state index in [2.05, 4.69) is 15.2 Å². The van der Waals surface area contributed by atoms with Gasteiger partial charge in [-0.2, -0.15) is 9.97 Å². The third-order valence-corrected chi connectivity index (χ3v) is 7.76. The number of hydrogen-bond acceptors (Lipinski definition) is 6. The van der Waals surface area contributed by atoms with Crippen LogP contribution < -0.4 is 15.0 Å². The molecule has 2 N–H and O–H groups in total. The molecule has 2 unspecified atom stereocenters. The van der Waals surface area contributed by atoms with E-state index < -0.39 is 11.2 Å². The molecule has 2 aliphatic rings. The van der Waals surface area contributed by atoms with E-state index in [4.69, 9.17) is 21.3 Å². The molecule has 3 aromatic carbocycles. The Morgan fingerprint density at radius 1 is 1.05 bits per heavy atom. The van der Waals surface area contributed by atoms with E-state index in [-0.39, 0.29) is 24.7 Å². The van der Waals surface area contributed by atoms with Crippen molar-refractivity contribution in [1.82, 2.24) is 15.3 Å². The molecule has 4 aromatic rings. The fourth-order valence-electron chi connectivity index (χ4n) is 5.43. The Labute approximate surface area is 220 Å². The van der Waals surface area contributed by atoms with Crippen LogP contribution in [-0.2, 0) is 0 Å². The van der Waals surface area contributed by atoms with Crippen LogP contribution in [-0.4, -0.2) is 53.5 Å². The SMILES string of the molecule is CC(C)(CO)COc1nc(N2CC3CCC(C2)N3)c2ccc(-c3cccc4cccc(Cl)c34)c(F)c2n1. The number of nitrogens with zero attached hydrogens (tertiary/aromatic N) is 3. The van der Waals surface area contributed by atoms with E-state index in [1.807, 2.05) is 56.3 Å². The van der Waals surface area contributed by atoms with Gasteiger partial charge in [0.1, 0.15) is 11.3 Å². The van der Waals surface area contributed by atoms with Gasteiger partial charge in [-0.25, -0.2) is 4.39 Å². The number of hydrogen-bond donors (Lipinski definition) is 2. The summed E-state index contributed by atoms with van der Waals surface area (Å²) in [5.41, 5.74) is 0.881. The number of aliphatic hydroxyl groups excluding tert-OH is 1. The van der Waals surface area contributed by atoms with Crippen molar-refractivity contribution >= 4 is 39.1 Å². The highest BCUT2D eigenvalue weighted by molar-refractivity contribution is 6.36. The molecule has 2 bridgehead atoms. The molecule has 192 valence electrons. The van der Waals surface area contributed by atoms with Crippen molar-refractivity contribution in [2.75, 3.05) is 31.2 Å². The van der Waals surface area contributed by atoms with Gasteiger partial charge >= 0.3 is 6.01 Å². The first-order valence-corrected chi connectivity index (χ1v) is 13.1. The molecule has 6 nitrogen and oxygen atoms in total. The van der Waals surface area contributed by atoms with Gasteiger partial charge in [0.2, 0.25) is 0 Å². The Bertz CT molecular complexity index is 1480. The van der Waals surface area contributed by atoms with E-state index in [0.717, 1.165) is 36.7 Å². The van der Waals surface area contributed by atoms with E-state index in [1.165, 1.54) is 0 Å². The van der Waals surface area contributed by atoms with E-state index in [0.29, 0.717) is 39.4 Å². The second-order valence-electron chi connectivity index (χ2n) is 11.0. The maximum absolute atomic E-state index is 16.4. The molecule has 6 rings (SSSR count). The first-order valence-electron chi connectivity index (χ1n) is 12.8. The van der Waals surface area contributed by atoms with Gasteiger partial charge in [0.05, 0.1) is 13.2 Å². The summed E-state index contributed by atoms with van der Waals surface area (Å²) in [6.07, 6.45) is 2.25. The number of aliphatic hydroxyl groups is 1. The Kier molecular flexibility index (Phi) is 6.18. The summed E-state index contributed by atoms with van der Waals surface area (Å²) >= 11 is 6.56. The smallest absolute Gasteiger partial charge is 0.319 e. The largest absolute Gasteiger partial charge is 0.463 e. The first kappa shape index (κ1) is 24.3. The van der Waals surface area contributed by atoms with Gasteiger partial charge in [0, 0.05) is 51.9 Å². The van der Waals surface area contributed by atoms with Crippen LogP contribution in [0.1, 0.15) is 26.7 Å². The minimum absolute atomic E-state index is 0.0467. The maximum atomic E-state index is 16.4. The number of benzene rings is 3. The van der Waals surface area contributed by atoms with Crippen molar-refractivity contribution in [3.05, 3.63) is 59.4 Å². The zero-order valence-corrected chi connectivity index (χ0v) is 21.7. The molecule has 0 radical (unpaired) electrons. The third-order valence-electron chi connectivity index (χ3n) is 7.45. The van der Waals surface area contributed by atoms with Crippen molar-refractivity contribution in [2.24, 2.45) is 5.41 Å². The predicted molar refractivity (Wildman–Crippen MR) is 146 cm³/mol. The highest BCUT2D eigenvalue weighted by Crippen LogP contribution is 2.39. The Balaban J connectivity index is 1.51. The molecule has 0 aliphatic carbocycles. The molecular formula is C29H30ClFN4O2. The summed E-state index contributed by atoms with van der Waals surface area (Å²) in [6.45, 7) is 5.55. The molecule has 2 atom stereocenters. The molecule has 0 amide bonds. The molecule has 8 heteroatoms. The number of fused-ring (bicyclic) bond motifs is 4. The number of anilines is 1. The van der Waals surface area contributed by atoms with Gasteiger partial charge in [0.25, 0.3) is 0 Å². The van der Waals surface area contributed by atoms with Crippen LogP contribution in [0.25, 0.3) is 32.8 Å². The second-order valence-corrected chi connectivity index (χ2v) is 11.4. The van der Waals surface area contributed by atoms with Gasteiger partial charge in [-0.3, -0.25) is 0 Å². The van der Waals surface area contributed by atoms with Crippen LogP contribution in [0.2, 0.25) is 5.02 Å². The Hall–Kier alpha value is -3.00. The zero-order chi connectivity index (χ0) is 25.7. The molecule has 3 heterocycles. The van der Waals surface area contributed by atoms with Crippen molar-refractivity contribution in [1.29, 1.82) is 0 Å². The molecule has 0 spiro atoms. The van der Waals surface area contributed by atoms with Crippen LogP contribution in [0.4, 0.5) is 10.2 Å². The highest BCUT2D eigenvalue weighted by atomic mass is 35.5. The van der Waals surface area contributed by atoms with Crippen molar-refractivity contribution in [2.45, 2.75) is 38.8 Å². The standard InChI is InChI=1S/C29H30ClFN4O2/c1-29(2,15-36)16-37-28-33-26-22(27(34-28)35-13-18-9-10-19(14-35)32-18)12-11-21(25(26)31)20-7-3-5-17-6-4-8-23(30)24(17)20/h3-8,11-12,18-19,32,36H,9-10,13-16H2,1-2H3. The lowest BCUT2D eigenvalue weighted by atomic mass is 9.96. The summed E-state index contributed by atoms with van der Waals surface area (Å²) in [5.74, 6) is 0.250. The number of piperazine rings is 1. The number of rotatable bonds is 6. The summed E-state index contributed by atoms with van der Waals surface area (Å²) in [7, 11) is 0. The minimum Gasteiger partial charge on any atom is -0.463 e. The van der Waals surface area contributed by atoms with Crippen molar-refractivity contribution < 1.29 is 14.2 Å². The van der Waals surface area contributed by atoms with E-state index >= 15 is 4.39 Å². The monoisotopic (exact) mass is 520 g/mol. The van der Waals surface area contributed by atoms with Gasteiger partial charge in [-0.15, -0.1) is 0 Å². The number of aromatic nitrogens is 2. The van der Waals surface area contributed by atoms with Gasteiger partial charge in [-0.05, 0) is 35.9 Å². The molecular weight excluding hydrogens is 491 g/mol. The lowest BCUT2D eigenvalue weighted by molar-refractivity contribution is 0.0927. The van der Waals surface area contributed by atoms with Gasteiger partial charge in [0.15, 0.2) is 5.82 Å². The van der Waals surface area contributed by atoms with Crippen molar-refractivity contribution in [3.8, 4) is 17.1 Å². The van der Waals surface area contributed by atoms with Gasteiger partial charge in [-0.1, -0.05) is 61.8 Å². The average molecular weight is 521 g/mol. The topological polar surface area (TPSA) is 70.5 Å². The van der Waals surface area contributed by atoms with Crippen LogP contribution in [0.3, 0.4) is 0 Å². The maximum Gasteiger partial charge on any atom is 0.319 e. The summed E-state index contributed by atoms with van der Waals surface area (Å²) in [5, 5.41) is 16.3. The third kappa shape index (κ3) is 4.49. The number of halogens is 2. The summed E-state index contributed by atoms with van der Waals surface area (Å²) in [6, 6.07) is 16.0. The van der Waals surface area contributed by atoms with Crippen molar-refractivity contribution in [3.63, 3.8) is 0 Å². The van der Waals surface area contributed by atoms with E-state index in [1.54, 1.807) is 6.07 Å².